The first-order chi connectivity index (χ1) is 37.3. The van der Waals surface area contributed by atoms with Crippen molar-refractivity contribution in [1.29, 1.82) is 0 Å². The van der Waals surface area contributed by atoms with Crippen molar-refractivity contribution in [2.45, 2.75) is 0 Å². The molecule has 2 heterocycles. The normalized spacial score (nSPS) is 19.9. The van der Waals surface area contributed by atoms with Crippen molar-refractivity contribution in [3.63, 3.8) is 0 Å². The lowest BCUT2D eigenvalue weighted by atomic mass is 10.1. The summed E-state index contributed by atoms with van der Waals surface area (Å²) in [5, 5.41) is -4.14. The van der Waals surface area contributed by atoms with Crippen LogP contribution in [0, 0.1) is 0 Å². The third kappa shape index (κ3) is 4.49. The van der Waals surface area contributed by atoms with Gasteiger partial charge in [-0.2, -0.15) is 0 Å². The average molecular weight is 696 g/mol. The van der Waals surface area contributed by atoms with E-state index < -0.39 is 232 Å². The maximum Gasteiger partial charge on any atom is 0.179 e. The molecule has 0 saturated carbocycles. The van der Waals surface area contributed by atoms with Crippen LogP contribution in [0.5, 0.6) is 0 Å². The van der Waals surface area contributed by atoms with Gasteiger partial charge >= 0.3 is 0 Å². The fraction of sp³-hybridized carbons (Fsp3) is 0. The fourth-order valence-electron chi connectivity index (χ4n) is 6.57. The van der Waals surface area contributed by atoms with Gasteiger partial charge in [0.1, 0.15) is 0 Å². The molecule has 3 heteroatoms. The molecule has 0 spiro atoms. The number of para-hydroxylation sites is 3. The van der Waals surface area contributed by atoms with Crippen LogP contribution in [0.15, 0.2) is 206 Å². The molecule has 0 amide bonds. The molecule has 0 fully saturated rings. The van der Waals surface area contributed by atoms with Gasteiger partial charge in [0.05, 0.1) is 61.8 Å². The Labute approximate surface area is 338 Å². The first-order valence-electron chi connectivity index (χ1n) is 29.7. The summed E-state index contributed by atoms with van der Waals surface area (Å²) in [5.74, 6) is 0. The molecule has 0 bridgehead atoms. The molecule has 0 aliphatic rings. The molecular formula is C48H34N2Si. The second-order valence-electron chi connectivity index (χ2n) is 11.2. The molecule has 0 radical (unpaired) electrons. The van der Waals surface area contributed by atoms with E-state index >= 15 is 0 Å². The molecule has 8 aromatic carbocycles. The Morgan fingerprint density at radius 3 is 1.31 bits per heavy atom. The van der Waals surface area contributed by atoms with Gasteiger partial charge in [0.15, 0.2) is 8.07 Å². The van der Waals surface area contributed by atoms with E-state index in [0.29, 0.717) is 0 Å². The standard InChI is InChI=1S/C48H34N2Si/c1-4-16-37(17-5-1)51(38-18-6-2-7-19-38,39-20-8-3-9-21-39)40-31-28-35(29-32-40)49-47-27-15-12-24-43(47)44-34-36(30-33-48(44)49)50-45-25-13-10-22-41(45)42-23-11-14-26-46(42)50/h1-34H/i1D,2D,3D,4D,5D,6D,7D,8D,9D,10D,11D,12D,13D,14D,15D,16D,17D,18D,19D,20D,21D,22D,23D,24D,25D,27D,30D,33D,34D. The number of fused-ring (bicyclic) bond motifs is 6. The molecule has 0 aliphatic carbocycles. The van der Waals surface area contributed by atoms with E-state index in [2.05, 4.69) is 0 Å². The van der Waals surface area contributed by atoms with Gasteiger partial charge in [-0.1, -0.05) is 157 Å². The molecule has 2 aromatic heterocycles. The largest absolute Gasteiger partial charge is 0.309 e. The van der Waals surface area contributed by atoms with Crippen molar-refractivity contribution < 1.29 is 39.8 Å². The molecule has 0 saturated heterocycles. The number of rotatable bonds is 6. The van der Waals surface area contributed by atoms with Crippen LogP contribution in [0.25, 0.3) is 55.0 Å². The van der Waals surface area contributed by atoms with E-state index in [1.165, 1.54) is 12.1 Å². The molecular weight excluding hydrogens is 633 g/mol. The predicted molar refractivity (Wildman–Crippen MR) is 219 cm³/mol. The SMILES string of the molecule is [2H]c1cc2c(c([2H])c1[2H])c1c([2H])c([2H])c([2H])c([2H])c1n2-c1c([2H])c([2H])c2c(c1[2H])c1c([2H])c([2H])c([2H])c([2H])c1n2-c1ccc([Si](c2c([2H])c([2H])c([2H])c([2H])c2[2H])(c2c([2H])c([2H])c([2H])c([2H])c2[2H])c2c([2H])c([2H])c([2H])c([2H])c2[2H])cc1. The zero-order valence-corrected chi connectivity index (χ0v) is 26.8. The second-order valence-corrected chi connectivity index (χ2v) is 14.7. The van der Waals surface area contributed by atoms with Gasteiger partial charge in [-0.25, -0.2) is 0 Å². The summed E-state index contributed by atoms with van der Waals surface area (Å²) in [6, 6.07) is -19.7. The van der Waals surface area contributed by atoms with Gasteiger partial charge in [0.25, 0.3) is 0 Å². The van der Waals surface area contributed by atoms with Crippen LogP contribution in [-0.4, -0.2) is 17.2 Å². The van der Waals surface area contributed by atoms with Crippen LogP contribution in [-0.2, 0) is 0 Å². The lowest BCUT2D eigenvalue weighted by Gasteiger charge is -2.34. The van der Waals surface area contributed by atoms with E-state index in [-0.39, 0.29) is 27.2 Å². The third-order valence-corrected chi connectivity index (χ3v) is 12.9. The molecule has 240 valence electrons. The summed E-state index contributed by atoms with van der Waals surface area (Å²) in [7, 11) is -5.63. The van der Waals surface area contributed by atoms with Crippen LogP contribution < -0.4 is 20.7 Å². The van der Waals surface area contributed by atoms with Crippen molar-refractivity contribution in [3.8, 4) is 11.4 Å². The predicted octanol–water partition coefficient (Wildman–Crippen LogP) is 9.26. The number of aromatic nitrogens is 2. The number of hydrogen-bond acceptors (Lipinski definition) is 0. The van der Waals surface area contributed by atoms with Crippen molar-refractivity contribution in [2.75, 3.05) is 0 Å². The van der Waals surface area contributed by atoms with Crippen LogP contribution >= 0.6 is 0 Å². The van der Waals surface area contributed by atoms with Crippen molar-refractivity contribution in [1.82, 2.24) is 9.13 Å². The third-order valence-electron chi connectivity index (χ3n) is 8.66. The van der Waals surface area contributed by atoms with Gasteiger partial charge < -0.3 is 9.13 Å². The number of hydrogen-bond donors (Lipinski definition) is 0. The van der Waals surface area contributed by atoms with E-state index in [1.54, 1.807) is 0 Å². The van der Waals surface area contributed by atoms with Crippen LogP contribution in [0.2, 0.25) is 0 Å². The van der Waals surface area contributed by atoms with Gasteiger partial charge in [-0.05, 0) is 69.2 Å². The van der Waals surface area contributed by atoms with E-state index in [1.807, 2.05) is 0 Å². The van der Waals surface area contributed by atoms with Crippen molar-refractivity contribution in [2.24, 2.45) is 0 Å². The van der Waals surface area contributed by atoms with Crippen LogP contribution in [0.4, 0.5) is 0 Å². The maximum atomic E-state index is 9.95. The Balaban J connectivity index is 1.41. The molecule has 0 N–H and O–H groups in total. The smallest absolute Gasteiger partial charge is 0.179 e. The van der Waals surface area contributed by atoms with Gasteiger partial charge in [0.2, 0.25) is 0 Å². The minimum absolute atomic E-state index is 0.184. The van der Waals surface area contributed by atoms with E-state index in [0.717, 1.165) is 27.3 Å². The van der Waals surface area contributed by atoms with Crippen LogP contribution in [0.3, 0.4) is 0 Å². The Bertz CT molecular complexity index is 4270. The first-order valence-corrected chi connectivity index (χ1v) is 17.2. The lowest BCUT2D eigenvalue weighted by Crippen LogP contribution is -2.74. The molecule has 0 atom stereocenters. The molecule has 2 nitrogen and oxygen atoms in total. The Morgan fingerprint density at radius 1 is 0.314 bits per heavy atom. The lowest BCUT2D eigenvalue weighted by molar-refractivity contribution is 1.17. The van der Waals surface area contributed by atoms with Gasteiger partial charge in [-0.15, -0.1) is 0 Å². The highest BCUT2D eigenvalue weighted by molar-refractivity contribution is 7.19. The first kappa shape index (κ1) is 12.4. The monoisotopic (exact) mass is 695 g/mol. The molecule has 0 unspecified atom stereocenters. The Hall–Kier alpha value is -6.42. The van der Waals surface area contributed by atoms with Crippen LogP contribution in [0.1, 0.15) is 39.8 Å². The highest BCUT2D eigenvalue weighted by Crippen LogP contribution is 2.36. The van der Waals surface area contributed by atoms with Gasteiger partial charge in [0, 0.05) is 32.9 Å². The summed E-state index contributed by atoms with van der Waals surface area (Å²) >= 11 is 0. The summed E-state index contributed by atoms with van der Waals surface area (Å²) in [6.45, 7) is 0. The summed E-state index contributed by atoms with van der Waals surface area (Å²) in [6.07, 6.45) is 0. The molecule has 10 aromatic rings. The molecule has 10 rings (SSSR count). The maximum absolute atomic E-state index is 9.95. The quantitative estimate of drug-likeness (QED) is 0.121. The minimum Gasteiger partial charge on any atom is -0.309 e. The zero-order valence-electron chi connectivity index (χ0n) is 54.8. The van der Waals surface area contributed by atoms with Crippen molar-refractivity contribution in [3.05, 3.63) is 206 Å². The van der Waals surface area contributed by atoms with Gasteiger partial charge in [-0.3, -0.25) is 0 Å². The van der Waals surface area contributed by atoms with E-state index in [9.17, 15) is 15.1 Å². The zero-order chi connectivity index (χ0) is 59.0. The molecule has 0 aliphatic heterocycles. The topological polar surface area (TPSA) is 9.86 Å². The number of nitrogens with zero attached hydrogens (tertiary/aromatic N) is 2. The summed E-state index contributed by atoms with van der Waals surface area (Å²) < 4.78 is 263. The fourth-order valence-corrected chi connectivity index (χ4v) is 10.4. The highest BCUT2D eigenvalue weighted by Gasteiger charge is 2.41. The number of benzene rings is 8. The van der Waals surface area contributed by atoms with E-state index in [4.69, 9.17) is 24.7 Å². The average Bonchev–Trinajstić information content (AvgIpc) is 3.41. The molecule has 51 heavy (non-hydrogen) atoms. The Morgan fingerprint density at radius 2 is 0.745 bits per heavy atom. The Kier molecular flexibility index (Phi) is 2.89. The summed E-state index contributed by atoms with van der Waals surface area (Å²) in [5.41, 5.74) is -2.31. The summed E-state index contributed by atoms with van der Waals surface area (Å²) in [4.78, 5) is 0. The minimum atomic E-state index is -5.63. The van der Waals surface area contributed by atoms with Crippen molar-refractivity contribution >= 4 is 72.4 Å². The second kappa shape index (κ2) is 11.9. The highest BCUT2D eigenvalue weighted by atomic mass is 28.3.